The summed E-state index contributed by atoms with van der Waals surface area (Å²) in [5.41, 5.74) is 2.34. The number of nitrogens with one attached hydrogen (secondary N) is 1. The van der Waals surface area contributed by atoms with E-state index in [1.807, 2.05) is 13.0 Å². The SMILES string of the molecule is CCCCOc1ccc(F)cc1-c1cc(C)[nH]n1. The van der Waals surface area contributed by atoms with E-state index in [4.69, 9.17) is 4.74 Å². The summed E-state index contributed by atoms with van der Waals surface area (Å²) >= 11 is 0. The zero-order valence-corrected chi connectivity index (χ0v) is 10.7. The number of ether oxygens (including phenoxy) is 1. The Morgan fingerprint density at radius 2 is 2.17 bits per heavy atom. The van der Waals surface area contributed by atoms with Gasteiger partial charge in [-0.15, -0.1) is 0 Å². The molecule has 1 N–H and O–H groups in total. The molecule has 0 atom stereocenters. The maximum absolute atomic E-state index is 13.3. The Bertz CT molecular complexity index is 522. The van der Waals surface area contributed by atoms with Crippen molar-refractivity contribution in [2.75, 3.05) is 6.61 Å². The maximum Gasteiger partial charge on any atom is 0.128 e. The molecule has 18 heavy (non-hydrogen) atoms. The van der Waals surface area contributed by atoms with Gasteiger partial charge in [0.15, 0.2) is 0 Å². The number of nitrogens with zero attached hydrogens (tertiary/aromatic N) is 1. The van der Waals surface area contributed by atoms with E-state index in [-0.39, 0.29) is 5.82 Å². The number of hydrogen-bond acceptors (Lipinski definition) is 2. The van der Waals surface area contributed by atoms with Crippen LogP contribution in [0.3, 0.4) is 0 Å². The molecule has 0 fully saturated rings. The number of benzene rings is 1. The van der Waals surface area contributed by atoms with E-state index in [0.717, 1.165) is 18.5 Å². The van der Waals surface area contributed by atoms with E-state index in [0.29, 0.717) is 23.6 Å². The van der Waals surface area contributed by atoms with Crippen molar-refractivity contribution in [3.63, 3.8) is 0 Å². The van der Waals surface area contributed by atoms with E-state index in [1.165, 1.54) is 12.1 Å². The normalized spacial score (nSPS) is 10.6. The highest BCUT2D eigenvalue weighted by Gasteiger charge is 2.10. The third-order valence-electron chi connectivity index (χ3n) is 2.68. The molecule has 0 saturated heterocycles. The Hall–Kier alpha value is -1.84. The molecule has 0 amide bonds. The van der Waals surface area contributed by atoms with Crippen molar-refractivity contribution in [2.45, 2.75) is 26.7 Å². The van der Waals surface area contributed by atoms with Gasteiger partial charge in [0.2, 0.25) is 0 Å². The van der Waals surface area contributed by atoms with Crippen LogP contribution in [0.1, 0.15) is 25.5 Å². The summed E-state index contributed by atoms with van der Waals surface area (Å²) in [5, 5.41) is 7.00. The highest BCUT2D eigenvalue weighted by molar-refractivity contribution is 5.67. The minimum absolute atomic E-state index is 0.284. The molecule has 1 aromatic heterocycles. The summed E-state index contributed by atoms with van der Waals surface area (Å²) in [6, 6.07) is 6.40. The lowest BCUT2D eigenvalue weighted by Crippen LogP contribution is -1.98. The standard InChI is InChI=1S/C14H17FN2O/c1-3-4-7-18-14-6-5-11(15)9-12(14)13-8-10(2)16-17-13/h5-6,8-9H,3-4,7H2,1-2H3,(H,16,17). The zero-order valence-electron chi connectivity index (χ0n) is 10.7. The molecule has 1 aromatic carbocycles. The second-order valence-electron chi connectivity index (χ2n) is 4.28. The van der Waals surface area contributed by atoms with Crippen LogP contribution in [0.2, 0.25) is 0 Å². The Morgan fingerprint density at radius 3 is 2.83 bits per heavy atom. The number of H-pyrrole nitrogens is 1. The first kappa shape index (κ1) is 12.6. The fourth-order valence-electron chi connectivity index (χ4n) is 1.71. The van der Waals surface area contributed by atoms with Gasteiger partial charge in [0.25, 0.3) is 0 Å². The number of unbranched alkanes of at least 4 members (excludes halogenated alkanes) is 1. The Kier molecular flexibility index (Phi) is 3.97. The van der Waals surface area contributed by atoms with Crippen LogP contribution in [0.25, 0.3) is 11.3 Å². The largest absolute Gasteiger partial charge is 0.493 e. The zero-order chi connectivity index (χ0) is 13.0. The molecule has 0 radical (unpaired) electrons. The van der Waals surface area contributed by atoms with Crippen molar-refractivity contribution in [3.8, 4) is 17.0 Å². The van der Waals surface area contributed by atoms with Crippen molar-refractivity contribution in [3.05, 3.63) is 35.8 Å². The van der Waals surface area contributed by atoms with Crippen molar-refractivity contribution in [1.29, 1.82) is 0 Å². The molecule has 4 heteroatoms. The van der Waals surface area contributed by atoms with Gasteiger partial charge in [-0.05, 0) is 37.6 Å². The number of aryl methyl sites for hydroxylation is 1. The molecule has 2 rings (SSSR count). The lowest BCUT2D eigenvalue weighted by atomic mass is 10.1. The molecule has 0 spiro atoms. The van der Waals surface area contributed by atoms with Crippen molar-refractivity contribution >= 4 is 0 Å². The van der Waals surface area contributed by atoms with Gasteiger partial charge in [-0.3, -0.25) is 5.10 Å². The Morgan fingerprint density at radius 1 is 1.33 bits per heavy atom. The molecular formula is C14H17FN2O. The number of aromatic amines is 1. The Balaban J connectivity index is 2.29. The van der Waals surface area contributed by atoms with Crippen LogP contribution < -0.4 is 4.74 Å². The summed E-state index contributed by atoms with van der Waals surface area (Å²) in [7, 11) is 0. The van der Waals surface area contributed by atoms with E-state index in [9.17, 15) is 4.39 Å². The second-order valence-corrected chi connectivity index (χ2v) is 4.28. The summed E-state index contributed by atoms with van der Waals surface area (Å²) < 4.78 is 19.0. The fraction of sp³-hybridized carbons (Fsp3) is 0.357. The molecule has 0 unspecified atom stereocenters. The van der Waals surface area contributed by atoms with E-state index in [1.54, 1.807) is 6.07 Å². The van der Waals surface area contributed by atoms with Crippen LogP contribution >= 0.6 is 0 Å². The van der Waals surface area contributed by atoms with Gasteiger partial charge in [0, 0.05) is 11.3 Å². The first-order valence-corrected chi connectivity index (χ1v) is 6.15. The molecular weight excluding hydrogens is 231 g/mol. The highest BCUT2D eigenvalue weighted by atomic mass is 19.1. The predicted molar refractivity (Wildman–Crippen MR) is 69.1 cm³/mol. The average Bonchev–Trinajstić information content (AvgIpc) is 2.78. The van der Waals surface area contributed by atoms with Crippen LogP contribution in [0.15, 0.2) is 24.3 Å². The van der Waals surface area contributed by atoms with Gasteiger partial charge >= 0.3 is 0 Å². The first-order valence-electron chi connectivity index (χ1n) is 6.15. The number of aromatic nitrogens is 2. The van der Waals surface area contributed by atoms with Gasteiger partial charge in [-0.2, -0.15) is 5.10 Å². The lowest BCUT2D eigenvalue weighted by molar-refractivity contribution is 0.310. The maximum atomic E-state index is 13.3. The van der Waals surface area contributed by atoms with Crippen molar-refractivity contribution in [1.82, 2.24) is 10.2 Å². The summed E-state index contributed by atoms with van der Waals surface area (Å²) in [6.07, 6.45) is 2.05. The van der Waals surface area contributed by atoms with E-state index < -0.39 is 0 Å². The van der Waals surface area contributed by atoms with Gasteiger partial charge in [-0.1, -0.05) is 13.3 Å². The molecule has 3 nitrogen and oxygen atoms in total. The van der Waals surface area contributed by atoms with Crippen LogP contribution in [-0.4, -0.2) is 16.8 Å². The van der Waals surface area contributed by atoms with E-state index >= 15 is 0 Å². The van der Waals surface area contributed by atoms with Gasteiger partial charge in [-0.25, -0.2) is 4.39 Å². The number of hydrogen-bond donors (Lipinski definition) is 1. The molecule has 0 bridgehead atoms. The molecule has 2 aromatic rings. The van der Waals surface area contributed by atoms with Gasteiger partial charge in [0.1, 0.15) is 11.6 Å². The molecule has 0 aliphatic rings. The van der Waals surface area contributed by atoms with Crippen molar-refractivity contribution in [2.24, 2.45) is 0 Å². The van der Waals surface area contributed by atoms with Gasteiger partial charge in [0.05, 0.1) is 12.3 Å². The Labute approximate surface area is 106 Å². The lowest BCUT2D eigenvalue weighted by Gasteiger charge is -2.09. The highest BCUT2D eigenvalue weighted by Crippen LogP contribution is 2.29. The number of rotatable bonds is 5. The third-order valence-corrected chi connectivity index (χ3v) is 2.68. The molecule has 0 aliphatic carbocycles. The minimum Gasteiger partial charge on any atom is -0.493 e. The van der Waals surface area contributed by atoms with Crippen LogP contribution in [0.5, 0.6) is 5.75 Å². The first-order chi connectivity index (χ1) is 8.70. The molecule has 0 saturated carbocycles. The second kappa shape index (κ2) is 5.67. The molecule has 96 valence electrons. The smallest absolute Gasteiger partial charge is 0.128 e. The average molecular weight is 248 g/mol. The van der Waals surface area contributed by atoms with Gasteiger partial charge < -0.3 is 4.74 Å². The topological polar surface area (TPSA) is 37.9 Å². The quantitative estimate of drug-likeness (QED) is 0.819. The fourth-order valence-corrected chi connectivity index (χ4v) is 1.71. The van der Waals surface area contributed by atoms with Crippen molar-refractivity contribution < 1.29 is 9.13 Å². The number of halogens is 1. The molecule has 0 aliphatic heterocycles. The summed E-state index contributed by atoms with van der Waals surface area (Å²) in [5.74, 6) is 0.393. The van der Waals surface area contributed by atoms with Crippen LogP contribution in [-0.2, 0) is 0 Å². The monoisotopic (exact) mass is 248 g/mol. The summed E-state index contributed by atoms with van der Waals surface area (Å²) in [6.45, 7) is 4.65. The van der Waals surface area contributed by atoms with E-state index in [2.05, 4.69) is 17.1 Å². The third kappa shape index (κ3) is 2.88. The predicted octanol–water partition coefficient (Wildman–Crippen LogP) is 3.70. The van der Waals surface area contributed by atoms with Crippen LogP contribution in [0.4, 0.5) is 4.39 Å². The molecule has 1 heterocycles. The summed E-state index contributed by atoms with van der Waals surface area (Å²) in [4.78, 5) is 0. The van der Waals surface area contributed by atoms with Crippen LogP contribution in [0, 0.1) is 12.7 Å². The minimum atomic E-state index is -0.284.